The van der Waals surface area contributed by atoms with E-state index in [0.29, 0.717) is 41.5 Å². The molecule has 2 aromatic rings. The fraction of sp³-hybridized carbons (Fsp3) is 0.211. The molecule has 2 aromatic carbocycles. The van der Waals surface area contributed by atoms with E-state index in [0.717, 1.165) is 4.90 Å². The van der Waals surface area contributed by atoms with Crippen molar-refractivity contribution >= 4 is 23.4 Å². The first kappa shape index (κ1) is 16.1. The highest BCUT2D eigenvalue weighted by atomic mass is 16.6. The number of fused-ring (bicyclic) bond motifs is 2. The zero-order valence-electron chi connectivity index (χ0n) is 14.0. The Morgan fingerprint density at radius 3 is 2.27 bits per heavy atom. The minimum absolute atomic E-state index is 0.316. The Morgan fingerprint density at radius 1 is 1.00 bits per heavy atom. The van der Waals surface area contributed by atoms with Gasteiger partial charge in [-0.05, 0) is 31.2 Å². The molecule has 1 N–H and O–H groups in total. The second-order valence-corrected chi connectivity index (χ2v) is 6.05. The predicted octanol–water partition coefficient (Wildman–Crippen LogP) is 2.08. The number of hydrogen-bond donors (Lipinski definition) is 1. The average molecular weight is 352 g/mol. The minimum atomic E-state index is -0.949. The summed E-state index contributed by atoms with van der Waals surface area (Å²) in [4.78, 5) is 38.5. The van der Waals surface area contributed by atoms with Crippen LogP contribution in [0.15, 0.2) is 42.5 Å². The van der Waals surface area contributed by atoms with Crippen LogP contribution < -0.4 is 14.8 Å². The number of carbonyl (C=O) groups is 3. The third-order valence-electron chi connectivity index (χ3n) is 4.40. The zero-order chi connectivity index (χ0) is 18.3. The first-order valence-electron chi connectivity index (χ1n) is 8.23. The van der Waals surface area contributed by atoms with Crippen LogP contribution in [0.2, 0.25) is 0 Å². The highest BCUT2D eigenvalue weighted by molar-refractivity contribution is 6.23. The van der Waals surface area contributed by atoms with Gasteiger partial charge in [0.25, 0.3) is 11.8 Å². The Balaban J connectivity index is 1.52. The summed E-state index contributed by atoms with van der Waals surface area (Å²) in [5.41, 5.74) is 1.13. The van der Waals surface area contributed by atoms with Crippen LogP contribution >= 0.6 is 0 Å². The topological polar surface area (TPSA) is 84.9 Å². The van der Waals surface area contributed by atoms with E-state index in [4.69, 9.17) is 9.47 Å². The smallest absolute Gasteiger partial charge is 0.262 e. The Hall–Kier alpha value is -3.35. The van der Waals surface area contributed by atoms with Gasteiger partial charge in [0.15, 0.2) is 11.5 Å². The Morgan fingerprint density at radius 2 is 1.62 bits per heavy atom. The molecule has 2 heterocycles. The summed E-state index contributed by atoms with van der Waals surface area (Å²) in [6.07, 6.45) is 0. The first-order chi connectivity index (χ1) is 12.6. The fourth-order valence-electron chi connectivity index (χ4n) is 3.04. The van der Waals surface area contributed by atoms with Crippen molar-refractivity contribution in [2.45, 2.75) is 13.0 Å². The normalized spacial score (nSPS) is 16.3. The van der Waals surface area contributed by atoms with E-state index >= 15 is 0 Å². The number of rotatable bonds is 3. The van der Waals surface area contributed by atoms with Crippen LogP contribution in [-0.2, 0) is 4.79 Å². The van der Waals surface area contributed by atoms with E-state index in [1.807, 2.05) is 0 Å². The van der Waals surface area contributed by atoms with E-state index < -0.39 is 23.8 Å². The number of hydrogen-bond acceptors (Lipinski definition) is 5. The van der Waals surface area contributed by atoms with Gasteiger partial charge in [-0.1, -0.05) is 12.1 Å². The maximum absolute atomic E-state index is 12.6. The number of nitrogens with zero attached hydrogens (tertiary/aromatic N) is 1. The van der Waals surface area contributed by atoms with Gasteiger partial charge >= 0.3 is 0 Å². The number of benzene rings is 2. The molecule has 0 fully saturated rings. The van der Waals surface area contributed by atoms with Crippen LogP contribution in [-0.4, -0.2) is 41.9 Å². The lowest BCUT2D eigenvalue weighted by molar-refractivity contribution is -0.119. The molecule has 0 unspecified atom stereocenters. The van der Waals surface area contributed by atoms with Gasteiger partial charge < -0.3 is 14.8 Å². The number of amides is 3. The van der Waals surface area contributed by atoms with Gasteiger partial charge in [0.1, 0.15) is 19.3 Å². The summed E-state index contributed by atoms with van der Waals surface area (Å²) >= 11 is 0. The summed E-state index contributed by atoms with van der Waals surface area (Å²) in [6, 6.07) is 10.6. The molecule has 0 bridgehead atoms. The van der Waals surface area contributed by atoms with Crippen molar-refractivity contribution in [1.82, 2.24) is 4.90 Å². The predicted molar refractivity (Wildman–Crippen MR) is 92.5 cm³/mol. The van der Waals surface area contributed by atoms with E-state index in [9.17, 15) is 14.4 Å². The molecule has 7 nitrogen and oxygen atoms in total. The van der Waals surface area contributed by atoms with E-state index in [1.54, 1.807) is 42.5 Å². The third kappa shape index (κ3) is 2.57. The summed E-state index contributed by atoms with van der Waals surface area (Å²) in [6.45, 7) is 2.44. The molecule has 0 aromatic heterocycles. The first-order valence-corrected chi connectivity index (χ1v) is 8.23. The van der Waals surface area contributed by atoms with Crippen LogP contribution in [0.4, 0.5) is 5.69 Å². The summed E-state index contributed by atoms with van der Waals surface area (Å²) in [5, 5.41) is 2.72. The summed E-state index contributed by atoms with van der Waals surface area (Å²) in [5.74, 6) is -0.230. The number of carbonyl (C=O) groups excluding carboxylic acids is 3. The van der Waals surface area contributed by atoms with Crippen molar-refractivity contribution in [3.05, 3.63) is 53.6 Å². The highest BCUT2D eigenvalue weighted by Gasteiger charge is 2.40. The van der Waals surface area contributed by atoms with Crippen molar-refractivity contribution in [2.75, 3.05) is 18.5 Å². The molecule has 0 saturated carbocycles. The average Bonchev–Trinajstić information content (AvgIpc) is 2.92. The van der Waals surface area contributed by atoms with Crippen LogP contribution in [0.3, 0.4) is 0 Å². The van der Waals surface area contributed by atoms with Gasteiger partial charge in [0.05, 0.1) is 11.1 Å². The monoisotopic (exact) mass is 352 g/mol. The molecule has 3 amide bonds. The highest BCUT2D eigenvalue weighted by Crippen LogP contribution is 2.33. The maximum Gasteiger partial charge on any atom is 0.262 e. The molecule has 26 heavy (non-hydrogen) atoms. The Labute approximate surface area is 149 Å². The molecule has 7 heteroatoms. The fourth-order valence-corrected chi connectivity index (χ4v) is 3.04. The molecular formula is C19H16N2O5. The van der Waals surface area contributed by atoms with Crippen LogP contribution in [0.25, 0.3) is 0 Å². The number of nitrogens with one attached hydrogen (secondary N) is 1. The van der Waals surface area contributed by atoms with Crippen molar-refractivity contribution < 1.29 is 23.9 Å². The minimum Gasteiger partial charge on any atom is -0.486 e. The van der Waals surface area contributed by atoms with E-state index in [2.05, 4.69) is 5.32 Å². The van der Waals surface area contributed by atoms with Crippen molar-refractivity contribution in [2.24, 2.45) is 0 Å². The SMILES string of the molecule is C[C@H](C(=O)Nc1ccc2c(c1)OCCO2)N1C(=O)c2ccccc2C1=O. The standard InChI is InChI=1S/C19H16N2O5/c1-11(21-18(23)13-4-2-3-5-14(13)19(21)24)17(22)20-12-6-7-15-16(10-12)26-9-8-25-15/h2-7,10-11H,8-9H2,1H3,(H,20,22)/t11-/m1/s1. The van der Waals surface area contributed by atoms with Crippen molar-refractivity contribution in [3.8, 4) is 11.5 Å². The van der Waals surface area contributed by atoms with Crippen LogP contribution in [0.1, 0.15) is 27.6 Å². The van der Waals surface area contributed by atoms with E-state index in [1.165, 1.54) is 6.92 Å². The second kappa shape index (κ2) is 6.18. The van der Waals surface area contributed by atoms with Gasteiger partial charge in [-0.2, -0.15) is 0 Å². The van der Waals surface area contributed by atoms with Crippen molar-refractivity contribution in [3.63, 3.8) is 0 Å². The molecule has 0 saturated heterocycles. The summed E-state index contributed by atoms with van der Waals surface area (Å²) in [7, 11) is 0. The van der Waals surface area contributed by atoms with Gasteiger partial charge in [0, 0.05) is 11.8 Å². The third-order valence-corrected chi connectivity index (χ3v) is 4.40. The second-order valence-electron chi connectivity index (χ2n) is 6.05. The zero-order valence-corrected chi connectivity index (χ0v) is 14.0. The van der Waals surface area contributed by atoms with Crippen molar-refractivity contribution in [1.29, 1.82) is 0 Å². The largest absolute Gasteiger partial charge is 0.486 e. The molecular weight excluding hydrogens is 336 g/mol. The quantitative estimate of drug-likeness (QED) is 0.855. The lowest BCUT2D eigenvalue weighted by atomic mass is 10.1. The van der Waals surface area contributed by atoms with Crippen LogP contribution in [0, 0.1) is 0 Å². The molecule has 132 valence electrons. The molecule has 0 spiro atoms. The van der Waals surface area contributed by atoms with Gasteiger partial charge in [-0.3, -0.25) is 19.3 Å². The number of anilines is 1. The van der Waals surface area contributed by atoms with Gasteiger partial charge in [-0.25, -0.2) is 0 Å². The van der Waals surface area contributed by atoms with Gasteiger partial charge in [0.2, 0.25) is 5.91 Å². The molecule has 2 aliphatic heterocycles. The molecule has 2 aliphatic rings. The van der Waals surface area contributed by atoms with E-state index in [-0.39, 0.29) is 0 Å². The molecule has 0 radical (unpaired) electrons. The summed E-state index contributed by atoms with van der Waals surface area (Å²) < 4.78 is 10.9. The Kier molecular flexibility index (Phi) is 3.84. The molecule has 1 atom stereocenters. The number of imide groups is 1. The lowest BCUT2D eigenvalue weighted by Gasteiger charge is -2.22. The van der Waals surface area contributed by atoms with Crippen LogP contribution in [0.5, 0.6) is 11.5 Å². The lowest BCUT2D eigenvalue weighted by Crippen LogP contribution is -2.45. The number of ether oxygens (including phenoxy) is 2. The van der Waals surface area contributed by atoms with Gasteiger partial charge in [-0.15, -0.1) is 0 Å². The molecule has 0 aliphatic carbocycles. The Bertz CT molecular complexity index is 889. The molecule has 4 rings (SSSR count). The maximum atomic E-state index is 12.6.